The molecule has 2 rings (SSSR count). The number of rotatable bonds is 2. The van der Waals surface area contributed by atoms with E-state index in [4.69, 9.17) is 10.9 Å². The van der Waals surface area contributed by atoms with Crippen LogP contribution in [0.1, 0.15) is 31.3 Å². The molecule has 0 unspecified atom stereocenters. The maximum Gasteiger partial charge on any atom is 0.170 e. The van der Waals surface area contributed by atoms with E-state index in [9.17, 15) is 0 Å². The quantitative estimate of drug-likeness (QED) is 0.360. The number of hydrogen-bond donors (Lipinski definition) is 2. The molecule has 0 bridgehead atoms. The molecule has 0 fully saturated rings. The Morgan fingerprint density at radius 3 is 2.76 bits per heavy atom. The molecule has 5 nitrogen and oxygen atoms in total. The maximum atomic E-state index is 8.65. The van der Waals surface area contributed by atoms with E-state index in [1.807, 2.05) is 25.1 Å². The number of hydrogen-bond acceptors (Lipinski definition) is 3. The largest absolute Gasteiger partial charge is 0.409 e. The normalized spacial score (nSPS) is 12.6. The Hall–Kier alpha value is -2.04. The van der Waals surface area contributed by atoms with Crippen LogP contribution in [-0.4, -0.2) is 20.6 Å². The summed E-state index contributed by atoms with van der Waals surface area (Å²) in [6.07, 6.45) is 0. The van der Waals surface area contributed by atoms with Crippen LogP contribution in [0.2, 0.25) is 0 Å². The molecule has 3 N–H and O–H groups in total. The van der Waals surface area contributed by atoms with Crippen molar-refractivity contribution in [2.75, 3.05) is 0 Å². The van der Waals surface area contributed by atoms with Gasteiger partial charge in [-0.1, -0.05) is 5.16 Å². The summed E-state index contributed by atoms with van der Waals surface area (Å²) < 4.78 is 2.16. The van der Waals surface area contributed by atoms with E-state index in [2.05, 4.69) is 28.6 Å². The standard InChI is InChI=1S/C12H16N4O/c1-7(2)16-8(3)14-10-6-9(12(13)15-17)4-5-11(10)16/h4-7,17H,1-3H3,(H2,13,15). The molecule has 0 saturated carbocycles. The molecule has 1 heterocycles. The molecule has 0 saturated heterocycles. The Labute approximate surface area is 99.6 Å². The molecule has 2 aromatic rings. The number of benzene rings is 1. The number of imidazole rings is 1. The highest BCUT2D eigenvalue weighted by atomic mass is 16.4. The lowest BCUT2D eigenvalue weighted by atomic mass is 10.2. The van der Waals surface area contributed by atoms with Crippen molar-refractivity contribution in [2.24, 2.45) is 10.9 Å². The minimum Gasteiger partial charge on any atom is -0.409 e. The summed E-state index contributed by atoms with van der Waals surface area (Å²) in [6.45, 7) is 6.21. The van der Waals surface area contributed by atoms with Gasteiger partial charge in [0.1, 0.15) is 5.82 Å². The van der Waals surface area contributed by atoms with Crippen LogP contribution in [0.4, 0.5) is 0 Å². The third-order valence-corrected chi connectivity index (χ3v) is 2.79. The summed E-state index contributed by atoms with van der Waals surface area (Å²) in [5, 5.41) is 11.6. The van der Waals surface area contributed by atoms with E-state index in [0.717, 1.165) is 16.9 Å². The van der Waals surface area contributed by atoms with E-state index in [0.29, 0.717) is 11.6 Å². The van der Waals surface area contributed by atoms with Gasteiger partial charge in [-0.05, 0) is 39.0 Å². The number of oxime groups is 1. The van der Waals surface area contributed by atoms with Crippen molar-refractivity contribution in [3.63, 3.8) is 0 Å². The predicted molar refractivity (Wildman–Crippen MR) is 67.4 cm³/mol. The molecule has 0 aliphatic heterocycles. The number of nitrogens with zero attached hydrogens (tertiary/aromatic N) is 3. The fourth-order valence-corrected chi connectivity index (χ4v) is 2.09. The van der Waals surface area contributed by atoms with Gasteiger partial charge in [0.25, 0.3) is 0 Å². The van der Waals surface area contributed by atoms with Crippen LogP contribution in [0.25, 0.3) is 11.0 Å². The molecule has 0 radical (unpaired) electrons. The number of nitrogens with two attached hydrogens (primary N) is 1. The van der Waals surface area contributed by atoms with Crippen molar-refractivity contribution in [2.45, 2.75) is 26.8 Å². The van der Waals surface area contributed by atoms with Crippen molar-refractivity contribution >= 4 is 16.9 Å². The van der Waals surface area contributed by atoms with Crippen molar-refractivity contribution in [1.29, 1.82) is 0 Å². The highest BCUT2D eigenvalue weighted by Gasteiger charge is 2.11. The van der Waals surface area contributed by atoms with Gasteiger partial charge in [0.15, 0.2) is 5.84 Å². The fraction of sp³-hybridized carbons (Fsp3) is 0.333. The predicted octanol–water partition coefficient (Wildman–Crippen LogP) is 2.02. The van der Waals surface area contributed by atoms with E-state index < -0.39 is 0 Å². The first-order valence-electron chi connectivity index (χ1n) is 5.51. The SMILES string of the molecule is Cc1nc2cc(/C(N)=N/O)ccc2n1C(C)C. The van der Waals surface area contributed by atoms with Crippen LogP contribution in [0.5, 0.6) is 0 Å². The van der Waals surface area contributed by atoms with E-state index >= 15 is 0 Å². The third-order valence-electron chi connectivity index (χ3n) is 2.79. The molecule has 17 heavy (non-hydrogen) atoms. The highest BCUT2D eigenvalue weighted by Crippen LogP contribution is 2.21. The fourth-order valence-electron chi connectivity index (χ4n) is 2.09. The van der Waals surface area contributed by atoms with Crippen molar-refractivity contribution < 1.29 is 5.21 Å². The van der Waals surface area contributed by atoms with Gasteiger partial charge in [-0.15, -0.1) is 0 Å². The lowest BCUT2D eigenvalue weighted by molar-refractivity contribution is 0.318. The zero-order valence-electron chi connectivity index (χ0n) is 10.2. The van der Waals surface area contributed by atoms with E-state index in [-0.39, 0.29) is 5.84 Å². The molecule has 90 valence electrons. The zero-order chi connectivity index (χ0) is 12.6. The lowest BCUT2D eigenvalue weighted by Crippen LogP contribution is -2.12. The van der Waals surface area contributed by atoms with Gasteiger partial charge in [-0.2, -0.15) is 0 Å². The summed E-state index contributed by atoms with van der Waals surface area (Å²) in [5.74, 6) is 1.07. The van der Waals surface area contributed by atoms with Crippen molar-refractivity contribution in [3.8, 4) is 0 Å². The monoisotopic (exact) mass is 232 g/mol. The van der Waals surface area contributed by atoms with Gasteiger partial charge in [-0.25, -0.2) is 4.98 Å². The first-order chi connectivity index (χ1) is 8.04. The Morgan fingerprint density at radius 1 is 1.47 bits per heavy atom. The Kier molecular flexibility index (Phi) is 2.75. The van der Waals surface area contributed by atoms with Crippen LogP contribution in [0, 0.1) is 6.92 Å². The molecule has 0 spiro atoms. The molecular weight excluding hydrogens is 216 g/mol. The molecule has 0 amide bonds. The second kappa shape index (κ2) is 4.08. The second-order valence-corrected chi connectivity index (χ2v) is 4.31. The highest BCUT2D eigenvalue weighted by molar-refractivity contribution is 5.99. The topological polar surface area (TPSA) is 76.4 Å². The summed E-state index contributed by atoms with van der Waals surface area (Å²) in [7, 11) is 0. The molecule has 5 heteroatoms. The number of fused-ring (bicyclic) bond motifs is 1. The second-order valence-electron chi connectivity index (χ2n) is 4.31. The summed E-state index contributed by atoms with van der Waals surface area (Å²) in [6, 6.07) is 5.96. The molecule has 0 aliphatic carbocycles. The van der Waals surface area contributed by atoms with Gasteiger partial charge in [0.2, 0.25) is 0 Å². The van der Waals surface area contributed by atoms with Gasteiger partial charge in [-0.3, -0.25) is 0 Å². The van der Waals surface area contributed by atoms with Crippen molar-refractivity contribution in [3.05, 3.63) is 29.6 Å². The minimum atomic E-state index is 0.101. The average molecular weight is 232 g/mol. The Bertz CT molecular complexity index is 583. The van der Waals surface area contributed by atoms with Gasteiger partial charge >= 0.3 is 0 Å². The van der Waals surface area contributed by atoms with E-state index in [1.54, 1.807) is 0 Å². The minimum absolute atomic E-state index is 0.101. The summed E-state index contributed by atoms with van der Waals surface area (Å²) in [4.78, 5) is 4.48. The summed E-state index contributed by atoms with van der Waals surface area (Å²) >= 11 is 0. The van der Waals surface area contributed by atoms with Gasteiger partial charge < -0.3 is 15.5 Å². The Balaban J connectivity index is 2.66. The number of aromatic nitrogens is 2. The third kappa shape index (κ3) is 1.84. The molecule has 0 atom stereocenters. The molecule has 0 aliphatic rings. The van der Waals surface area contributed by atoms with Crippen LogP contribution in [0.15, 0.2) is 23.4 Å². The lowest BCUT2D eigenvalue weighted by Gasteiger charge is -2.10. The van der Waals surface area contributed by atoms with Crippen LogP contribution in [0.3, 0.4) is 0 Å². The molecular formula is C12H16N4O. The average Bonchev–Trinajstić information content (AvgIpc) is 2.62. The Morgan fingerprint density at radius 2 is 2.18 bits per heavy atom. The van der Waals surface area contributed by atoms with Crippen LogP contribution in [-0.2, 0) is 0 Å². The van der Waals surface area contributed by atoms with E-state index in [1.165, 1.54) is 0 Å². The van der Waals surface area contributed by atoms with Crippen LogP contribution >= 0.6 is 0 Å². The first kappa shape index (κ1) is 11.4. The number of amidine groups is 1. The maximum absolute atomic E-state index is 8.65. The molecule has 1 aromatic heterocycles. The van der Waals surface area contributed by atoms with Gasteiger partial charge in [0.05, 0.1) is 11.0 Å². The smallest absolute Gasteiger partial charge is 0.170 e. The first-order valence-corrected chi connectivity index (χ1v) is 5.51. The van der Waals surface area contributed by atoms with Crippen molar-refractivity contribution in [1.82, 2.24) is 9.55 Å². The van der Waals surface area contributed by atoms with Crippen LogP contribution < -0.4 is 5.73 Å². The summed E-state index contributed by atoms with van der Waals surface area (Å²) in [5.41, 5.74) is 8.15. The van der Waals surface area contributed by atoms with Gasteiger partial charge in [0, 0.05) is 11.6 Å². The number of aryl methyl sites for hydroxylation is 1. The zero-order valence-corrected chi connectivity index (χ0v) is 10.2. The molecule has 1 aromatic carbocycles.